The summed E-state index contributed by atoms with van der Waals surface area (Å²) in [5.74, 6) is 0.727. The first kappa shape index (κ1) is 12.5. The van der Waals surface area contributed by atoms with Gasteiger partial charge in [-0.15, -0.1) is 0 Å². The molecule has 1 amide bonds. The summed E-state index contributed by atoms with van der Waals surface area (Å²) in [6.07, 6.45) is 2.91. The van der Waals surface area contributed by atoms with E-state index in [-0.39, 0.29) is 11.8 Å². The first-order valence-electron chi connectivity index (χ1n) is 5.83. The highest BCUT2D eigenvalue weighted by Crippen LogP contribution is 2.12. The summed E-state index contributed by atoms with van der Waals surface area (Å²) in [5, 5.41) is 2.99. The van der Waals surface area contributed by atoms with Crippen molar-refractivity contribution < 1.29 is 9.53 Å². The molecule has 0 aromatic heterocycles. The minimum absolute atomic E-state index is 0.0698. The maximum atomic E-state index is 11.6. The van der Waals surface area contributed by atoms with Crippen molar-refractivity contribution >= 4 is 5.91 Å². The summed E-state index contributed by atoms with van der Waals surface area (Å²) in [5.41, 5.74) is 5.50. The van der Waals surface area contributed by atoms with E-state index >= 15 is 0 Å². The van der Waals surface area contributed by atoms with Crippen LogP contribution >= 0.6 is 0 Å². The molecule has 1 aliphatic rings. The van der Waals surface area contributed by atoms with Crippen LogP contribution < -0.4 is 11.1 Å². The minimum atomic E-state index is 0.0698. The van der Waals surface area contributed by atoms with Crippen molar-refractivity contribution in [2.75, 3.05) is 26.3 Å². The van der Waals surface area contributed by atoms with Gasteiger partial charge in [-0.1, -0.05) is 13.3 Å². The highest BCUT2D eigenvalue weighted by molar-refractivity contribution is 5.78. The van der Waals surface area contributed by atoms with Crippen LogP contribution in [0.2, 0.25) is 0 Å². The van der Waals surface area contributed by atoms with Gasteiger partial charge >= 0.3 is 0 Å². The molecule has 1 fully saturated rings. The number of carbonyl (C=O) groups is 1. The smallest absolute Gasteiger partial charge is 0.225 e. The standard InChI is InChI=1S/C11H22N2O2/c1-2-9(3-5-12)7-13-11(14)10-4-6-15-8-10/h9-10H,2-8,12H2,1H3,(H,13,14). The Morgan fingerprint density at radius 2 is 2.47 bits per heavy atom. The van der Waals surface area contributed by atoms with Gasteiger partial charge < -0.3 is 15.8 Å². The second-order valence-electron chi connectivity index (χ2n) is 4.16. The van der Waals surface area contributed by atoms with Crippen LogP contribution in [0, 0.1) is 11.8 Å². The van der Waals surface area contributed by atoms with Crippen molar-refractivity contribution in [3.63, 3.8) is 0 Å². The van der Waals surface area contributed by atoms with Crippen LogP contribution in [0.5, 0.6) is 0 Å². The van der Waals surface area contributed by atoms with E-state index in [0.29, 0.717) is 19.1 Å². The molecule has 2 atom stereocenters. The third-order valence-corrected chi connectivity index (χ3v) is 3.02. The molecule has 0 saturated carbocycles. The number of rotatable bonds is 6. The van der Waals surface area contributed by atoms with Gasteiger partial charge in [-0.3, -0.25) is 4.79 Å². The summed E-state index contributed by atoms with van der Waals surface area (Å²) in [6.45, 7) is 4.88. The normalized spacial score (nSPS) is 22.7. The second-order valence-corrected chi connectivity index (χ2v) is 4.16. The fourth-order valence-corrected chi connectivity index (χ4v) is 1.82. The van der Waals surface area contributed by atoms with E-state index in [1.165, 1.54) is 0 Å². The Hall–Kier alpha value is -0.610. The summed E-state index contributed by atoms with van der Waals surface area (Å²) >= 11 is 0. The maximum absolute atomic E-state index is 11.6. The van der Waals surface area contributed by atoms with E-state index in [1.807, 2.05) is 0 Å². The van der Waals surface area contributed by atoms with Gasteiger partial charge in [0.1, 0.15) is 0 Å². The Labute approximate surface area is 91.5 Å². The first-order valence-corrected chi connectivity index (χ1v) is 5.83. The minimum Gasteiger partial charge on any atom is -0.381 e. The third-order valence-electron chi connectivity index (χ3n) is 3.02. The number of hydrogen-bond acceptors (Lipinski definition) is 3. The van der Waals surface area contributed by atoms with Gasteiger partial charge in [-0.05, 0) is 25.3 Å². The number of amides is 1. The van der Waals surface area contributed by atoms with Crippen LogP contribution in [0.1, 0.15) is 26.2 Å². The van der Waals surface area contributed by atoms with Crippen LogP contribution in [0.3, 0.4) is 0 Å². The molecular weight excluding hydrogens is 192 g/mol. The summed E-state index contributed by atoms with van der Waals surface area (Å²) in [4.78, 5) is 11.6. The van der Waals surface area contributed by atoms with E-state index in [9.17, 15) is 4.79 Å². The SMILES string of the molecule is CCC(CCN)CNC(=O)C1CCOC1. The van der Waals surface area contributed by atoms with Gasteiger partial charge in [-0.25, -0.2) is 0 Å². The largest absolute Gasteiger partial charge is 0.381 e. The third kappa shape index (κ3) is 4.18. The van der Waals surface area contributed by atoms with Crippen LogP contribution in [0.25, 0.3) is 0 Å². The van der Waals surface area contributed by atoms with Crippen molar-refractivity contribution in [1.82, 2.24) is 5.32 Å². The van der Waals surface area contributed by atoms with Crippen LogP contribution in [0.15, 0.2) is 0 Å². The number of ether oxygens (including phenoxy) is 1. The maximum Gasteiger partial charge on any atom is 0.225 e. The summed E-state index contributed by atoms with van der Waals surface area (Å²) in [7, 11) is 0. The topological polar surface area (TPSA) is 64.3 Å². The van der Waals surface area contributed by atoms with Crippen molar-refractivity contribution in [3.05, 3.63) is 0 Å². The van der Waals surface area contributed by atoms with Crippen LogP contribution in [-0.2, 0) is 9.53 Å². The van der Waals surface area contributed by atoms with Gasteiger partial charge in [-0.2, -0.15) is 0 Å². The van der Waals surface area contributed by atoms with Crippen LogP contribution in [-0.4, -0.2) is 32.2 Å². The molecule has 15 heavy (non-hydrogen) atoms. The van der Waals surface area contributed by atoms with E-state index in [0.717, 1.165) is 32.4 Å². The number of carbonyl (C=O) groups excluding carboxylic acids is 1. The predicted octanol–water partition coefficient (Wildman–Crippen LogP) is 0.514. The van der Waals surface area contributed by atoms with Crippen molar-refractivity contribution in [1.29, 1.82) is 0 Å². The molecule has 0 aliphatic carbocycles. The Kier molecular flexibility index (Phi) is 5.65. The number of nitrogens with two attached hydrogens (primary N) is 1. The molecule has 0 aromatic rings. The van der Waals surface area contributed by atoms with Crippen molar-refractivity contribution in [2.24, 2.45) is 17.6 Å². The van der Waals surface area contributed by atoms with E-state index in [2.05, 4.69) is 12.2 Å². The molecule has 4 nitrogen and oxygen atoms in total. The quantitative estimate of drug-likeness (QED) is 0.677. The fourth-order valence-electron chi connectivity index (χ4n) is 1.82. The molecule has 1 aliphatic heterocycles. The zero-order valence-electron chi connectivity index (χ0n) is 9.50. The lowest BCUT2D eigenvalue weighted by Crippen LogP contribution is -2.35. The van der Waals surface area contributed by atoms with Gasteiger partial charge in [0, 0.05) is 13.2 Å². The molecule has 2 unspecified atom stereocenters. The Morgan fingerprint density at radius 3 is 3.00 bits per heavy atom. The van der Waals surface area contributed by atoms with E-state index in [1.54, 1.807) is 0 Å². The average molecular weight is 214 g/mol. The lowest BCUT2D eigenvalue weighted by atomic mass is 10.0. The van der Waals surface area contributed by atoms with Crippen molar-refractivity contribution in [2.45, 2.75) is 26.2 Å². The summed E-state index contributed by atoms with van der Waals surface area (Å²) < 4.78 is 5.18. The lowest BCUT2D eigenvalue weighted by molar-refractivity contribution is -0.125. The zero-order chi connectivity index (χ0) is 11.1. The molecule has 3 N–H and O–H groups in total. The fraction of sp³-hybridized carbons (Fsp3) is 0.909. The van der Waals surface area contributed by atoms with Gasteiger partial charge in [0.2, 0.25) is 5.91 Å². The second kappa shape index (κ2) is 6.80. The van der Waals surface area contributed by atoms with Gasteiger partial charge in [0.05, 0.1) is 12.5 Å². The van der Waals surface area contributed by atoms with Crippen molar-refractivity contribution in [3.8, 4) is 0 Å². The molecular formula is C11H22N2O2. The predicted molar refractivity (Wildman–Crippen MR) is 59.4 cm³/mol. The number of hydrogen-bond donors (Lipinski definition) is 2. The van der Waals surface area contributed by atoms with E-state index < -0.39 is 0 Å². The Morgan fingerprint density at radius 1 is 1.67 bits per heavy atom. The molecule has 0 aromatic carbocycles. The molecule has 1 rings (SSSR count). The zero-order valence-corrected chi connectivity index (χ0v) is 9.50. The molecule has 0 spiro atoms. The molecule has 0 bridgehead atoms. The van der Waals surface area contributed by atoms with E-state index in [4.69, 9.17) is 10.5 Å². The number of nitrogens with one attached hydrogen (secondary N) is 1. The monoisotopic (exact) mass is 214 g/mol. The highest BCUT2D eigenvalue weighted by Gasteiger charge is 2.23. The first-order chi connectivity index (χ1) is 7.27. The summed E-state index contributed by atoms with van der Waals surface area (Å²) in [6, 6.07) is 0. The highest BCUT2D eigenvalue weighted by atomic mass is 16.5. The molecule has 0 radical (unpaired) electrons. The van der Waals surface area contributed by atoms with Gasteiger partial charge in [0.15, 0.2) is 0 Å². The van der Waals surface area contributed by atoms with Gasteiger partial charge in [0.25, 0.3) is 0 Å². The average Bonchev–Trinajstić information content (AvgIpc) is 2.77. The Balaban J connectivity index is 2.19. The molecule has 88 valence electrons. The van der Waals surface area contributed by atoms with Crippen LogP contribution in [0.4, 0.5) is 0 Å². The molecule has 1 heterocycles. The Bertz CT molecular complexity index is 191. The molecule has 4 heteroatoms. The molecule has 1 saturated heterocycles. The lowest BCUT2D eigenvalue weighted by Gasteiger charge is -2.16.